The van der Waals surface area contributed by atoms with Gasteiger partial charge in [-0.05, 0) is 13.0 Å². The Balaban J connectivity index is 2.02. The molecule has 18 heavy (non-hydrogen) atoms. The molecule has 2 aromatic heterocycles. The molecular formula is C12H14N4O2. The third-order valence-electron chi connectivity index (χ3n) is 2.56. The van der Waals surface area contributed by atoms with E-state index < -0.39 is 0 Å². The third kappa shape index (κ3) is 2.65. The van der Waals surface area contributed by atoms with E-state index in [1.807, 2.05) is 0 Å². The molecular weight excluding hydrogens is 232 g/mol. The van der Waals surface area contributed by atoms with E-state index in [2.05, 4.69) is 15.3 Å². The van der Waals surface area contributed by atoms with Crippen molar-refractivity contribution in [3.8, 4) is 5.88 Å². The molecule has 2 heterocycles. The molecule has 0 aromatic carbocycles. The molecule has 6 nitrogen and oxygen atoms in total. The van der Waals surface area contributed by atoms with Gasteiger partial charge in [0.15, 0.2) is 0 Å². The van der Waals surface area contributed by atoms with Crippen molar-refractivity contribution >= 4 is 11.6 Å². The summed E-state index contributed by atoms with van der Waals surface area (Å²) in [6, 6.07) is 3.11. The SMILES string of the molecule is COc1ccc(NC(=O)[C@@H](C)n2ccnc2)cn1. The number of rotatable bonds is 4. The van der Waals surface area contributed by atoms with Crippen molar-refractivity contribution in [2.45, 2.75) is 13.0 Å². The van der Waals surface area contributed by atoms with Crippen molar-refractivity contribution < 1.29 is 9.53 Å². The van der Waals surface area contributed by atoms with Crippen LogP contribution in [0.5, 0.6) is 5.88 Å². The van der Waals surface area contributed by atoms with Gasteiger partial charge in [0.1, 0.15) is 6.04 Å². The van der Waals surface area contributed by atoms with E-state index >= 15 is 0 Å². The highest BCUT2D eigenvalue weighted by Crippen LogP contribution is 2.13. The Hall–Kier alpha value is -2.37. The molecule has 0 unspecified atom stereocenters. The number of hydrogen-bond acceptors (Lipinski definition) is 4. The van der Waals surface area contributed by atoms with Crippen molar-refractivity contribution in [2.24, 2.45) is 0 Å². The van der Waals surface area contributed by atoms with Gasteiger partial charge >= 0.3 is 0 Å². The number of hydrogen-bond donors (Lipinski definition) is 1. The summed E-state index contributed by atoms with van der Waals surface area (Å²) in [7, 11) is 1.54. The second kappa shape index (κ2) is 5.31. The minimum atomic E-state index is -0.324. The van der Waals surface area contributed by atoms with E-state index in [4.69, 9.17) is 4.74 Å². The first-order valence-corrected chi connectivity index (χ1v) is 5.49. The van der Waals surface area contributed by atoms with Crippen molar-refractivity contribution in [1.29, 1.82) is 0 Å². The van der Waals surface area contributed by atoms with Crippen molar-refractivity contribution in [1.82, 2.24) is 14.5 Å². The predicted octanol–water partition coefficient (Wildman–Crippen LogP) is 1.49. The summed E-state index contributed by atoms with van der Waals surface area (Å²) < 4.78 is 6.67. The van der Waals surface area contributed by atoms with E-state index in [1.165, 1.54) is 0 Å². The van der Waals surface area contributed by atoms with Crippen LogP contribution in [0.2, 0.25) is 0 Å². The number of carbonyl (C=O) groups is 1. The lowest BCUT2D eigenvalue weighted by Crippen LogP contribution is -2.22. The lowest BCUT2D eigenvalue weighted by atomic mass is 10.3. The Bertz CT molecular complexity index is 507. The number of anilines is 1. The van der Waals surface area contributed by atoms with E-state index in [9.17, 15) is 4.79 Å². The van der Waals surface area contributed by atoms with E-state index in [-0.39, 0.29) is 11.9 Å². The maximum absolute atomic E-state index is 11.9. The number of ether oxygens (including phenoxy) is 1. The summed E-state index contributed by atoms with van der Waals surface area (Å²) >= 11 is 0. The number of aromatic nitrogens is 3. The number of imidazole rings is 1. The van der Waals surface area contributed by atoms with Gasteiger partial charge in [-0.3, -0.25) is 4.79 Å². The van der Waals surface area contributed by atoms with E-state index in [1.54, 1.807) is 55.7 Å². The van der Waals surface area contributed by atoms with Gasteiger partial charge in [0.2, 0.25) is 11.8 Å². The molecule has 0 aliphatic carbocycles. The van der Waals surface area contributed by atoms with Gasteiger partial charge in [0, 0.05) is 18.5 Å². The summed E-state index contributed by atoms with van der Waals surface area (Å²) in [5.74, 6) is 0.385. The quantitative estimate of drug-likeness (QED) is 0.887. The highest BCUT2D eigenvalue weighted by molar-refractivity contribution is 5.93. The summed E-state index contributed by atoms with van der Waals surface area (Å²) in [6.07, 6.45) is 6.54. The van der Waals surface area contributed by atoms with Crippen molar-refractivity contribution in [3.05, 3.63) is 37.1 Å². The molecule has 1 amide bonds. The zero-order valence-electron chi connectivity index (χ0n) is 10.2. The Kier molecular flexibility index (Phi) is 3.57. The van der Waals surface area contributed by atoms with E-state index in [0.29, 0.717) is 11.6 Å². The maximum atomic E-state index is 11.9. The number of nitrogens with one attached hydrogen (secondary N) is 1. The summed E-state index contributed by atoms with van der Waals surface area (Å²) in [4.78, 5) is 19.9. The normalized spacial score (nSPS) is 11.9. The van der Waals surface area contributed by atoms with Gasteiger partial charge in [-0.2, -0.15) is 0 Å². The highest BCUT2D eigenvalue weighted by atomic mass is 16.5. The smallest absolute Gasteiger partial charge is 0.247 e. The second-order valence-electron chi connectivity index (χ2n) is 3.76. The fourth-order valence-corrected chi connectivity index (χ4v) is 1.46. The summed E-state index contributed by atoms with van der Waals surface area (Å²) in [6.45, 7) is 1.80. The molecule has 1 N–H and O–H groups in total. The van der Waals surface area contributed by atoms with Crippen LogP contribution in [0.1, 0.15) is 13.0 Å². The molecule has 94 valence electrons. The topological polar surface area (TPSA) is 69.0 Å². The fraction of sp³-hybridized carbons (Fsp3) is 0.250. The van der Waals surface area contributed by atoms with Gasteiger partial charge in [0.25, 0.3) is 0 Å². The van der Waals surface area contributed by atoms with Gasteiger partial charge in [-0.1, -0.05) is 0 Å². The molecule has 1 atom stereocenters. The molecule has 2 rings (SSSR count). The summed E-state index contributed by atoms with van der Waals surface area (Å²) in [5, 5.41) is 2.78. The average Bonchev–Trinajstić information content (AvgIpc) is 2.92. The molecule has 0 spiro atoms. The first kappa shape index (κ1) is 12.1. The molecule has 0 aliphatic heterocycles. The standard InChI is InChI=1S/C12H14N4O2/c1-9(16-6-5-13-8-16)12(17)15-10-3-4-11(18-2)14-7-10/h3-9H,1-2H3,(H,15,17)/t9-/m1/s1. The molecule has 0 aliphatic rings. The predicted molar refractivity (Wildman–Crippen MR) is 66.4 cm³/mol. The third-order valence-corrected chi connectivity index (χ3v) is 2.56. The van der Waals surface area contributed by atoms with Gasteiger partial charge < -0.3 is 14.6 Å². The fourth-order valence-electron chi connectivity index (χ4n) is 1.46. The van der Waals surface area contributed by atoms with Crippen LogP contribution in [0.4, 0.5) is 5.69 Å². The van der Waals surface area contributed by atoms with Crippen LogP contribution in [0.15, 0.2) is 37.1 Å². The lowest BCUT2D eigenvalue weighted by molar-refractivity contribution is -0.118. The number of carbonyl (C=O) groups excluding carboxylic acids is 1. The number of amides is 1. The molecule has 2 aromatic rings. The zero-order valence-corrected chi connectivity index (χ0v) is 10.2. The van der Waals surface area contributed by atoms with Gasteiger partial charge in [0.05, 0.1) is 25.3 Å². The minimum absolute atomic E-state index is 0.125. The first-order chi connectivity index (χ1) is 8.70. The van der Waals surface area contributed by atoms with Crippen LogP contribution in [-0.2, 0) is 4.79 Å². The molecule has 0 saturated heterocycles. The van der Waals surface area contributed by atoms with Crippen LogP contribution in [0.3, 0.4) is 0 Å². The number of pyridine rings is 1. The monoisotopic (exact) mass is 246 g/mol. The van der Waals surface area contributed by atoms with Crippen LogP contribution in [-0.4, -0.2) is 27.6 Å². The largest absolute Gasteiger partial charge is 0.481 e. The molecule has 6 heteroatoms. The Morgan fingerprint density at radius 2 is 2.33 bits per heavy atom. The lowest BCUT2D eigenvalue weighted by Gasteiger charge is -2.13. The molecule has 0 bridgehead atoms. The van der Waals surface area contributed by atoms with Crippen LogP contribution >= 0.6 is 0 Å². The minimum Gasteiger partial charge on any atom is -0.481 e. The van der Waals surface area contributed by atoms with Crippen molar-refractivity contribution in [2.75, 3.05) is 12.4 Å². The van der Waals surface area contributed by atoms with Crippen LogP contribution in [0, 0.1) is 0 Å². The Morgan fingerprint density at radius 1 is 1.50 bits per heavy atom. The molecule has 0 fully saturated rings. The van der Waals surface area contributed by atoms with E-state index in [0.717, 1.165) is 0 Å². The summed E-state index contributed by atoms with van der Waals surface area (Å²) in [5.41, 5.74) is 0.632. The number of nitrogens with zero attached hydrogens (tertiary/aromatic N) is 3. The average molecular weight is 246 g/mol. The van der Waals surface area contributed by atoms with Crippen LogP contribution in [0.25, 0.3) is 0 Å². The van der Waals surface area contributed by atoms with Gasteiger partial charge in [-0.15, -0.1) is 0 Å². The second-order valence-corrected chi connectivity index (χ2v) is 3.76. The zero-order chi connectivity index (χ0) is 13.0. The van der Waals surface area contributed by atoms with Gasteiger partial charge in [-0.25, -0.2) is 9.97 Å². The Labute approximate surface area is 105 Å². The van der Waals surface area contributed by atoms with Crippen molar-refractivity contribution in [3.63, 3.8) is 0 Å². The van der Waals surface area contributed by atoms with Crippen LogP contribution < -0.4 is 10.1 Å². The Morgan fingerprint density at radius 3 is 2.89 bits per heavy atom. The maximum Gasteiger partial charge on any atom is 0.247 e. The molecule has 0 radical (unpaired) electrons. The first-order valence-electron chi connectivity index (χ1n) is 5.49. The number of methoxy groups -OCH3 is 1. The highest BCUT2D eigenvalue weighted by Gasteiger charge is 2.14. The molecule has 0 saturated carbocycles.